The van der Waals surface area contributed by atoms with Crippen LogP contribution in [0.5, 0.6) is 5.75 Å². The molecule has 1 aromatic heterocycles. The number of hydrogen-bond acceptors (Lipinski definition) is 4. The molecule has 156 valence electrons. The summed E-state index contributed by atoms with van der Waals surface area (Å²) in [6, 6.07) is 15.7. The highest BCUT2D eigenvalue weighted by Crippen LogP contribution is 2.29. The summed E-state index contributed by atoms with van der Waals surface area (Å²) in [7, 11) is 0. The number of nitrogens with zero attached hydrogens (tertiary/aromatic N) is 1. The molecule has 1 unspecified atom stereocenters. The summed E-state index contributed by atoms with van der Waals surface area (Å²) in [6.45, 7) is 3.96. The second-order valence-electron chi connectivity index (χ2n) is 7.45. The van der Waals surface area contributed by atoms with E-state index in [0.717, 1.165) is 35.1 Å². The average molecular weight is 406 g/mol. The number of ketones is 1. The van der Waals surface area contributed by atoms with Crippen LogP contribution in [0.25, 0.3) is 10.9 Å². The van der Waals surface area contributed by atoms with E-state index in [1.165, 1.54) is 0 Å². The molecule has 0 spiro atoms. The Bertz CT molecular complexity index is 1020. The molecule has 2 heterocycles. The van der Waals surface area contributed by atoms with Crippen LogP contribution in [0.3, 0.4) is 0 Å². The molecule has 1 fully saturated rings. The maximum Gasteiger partial charge on any atom is 0.295 e. The summed E-state index contributed by atoms with van der Waals surface area (Å²) < 4.78 is 11.5. The standard InChI is InChI=1S/C24H26N2O4/c1-2-6-22(17-7-4-3-5-8-17)30-18-9-10-19-20(16-25-21(19)15-18)23(27)24(28)26-11-13-29-14-12-26/h3-5,7-10,15-16,22,25H,2,6,11-14H2,1H3. The van der Waals surface area contributed by atoms with E-state index in [1.54, 1.807) is 11.1 Å². The lowest BCUT2D eigenvalue weighted by Crippen LogP contribution is -2.44. The number of nitrogens with one attached hydrogen (secondary N) is 1. The van der Waals surface area contributed by atoms with Crippen LogP contribution in [0.4, 0.5) is 0 Å². The average Bonchev–Trinajstić information content (AvgIpc) is 3.22. The third-order valence-corrected chi connectivity index (χ3v) is 5.39. The van der Waals surface area contributed by atoms with Gasteiger partial charge in [0.05, 0.1) is 18.8 Å². The van der Waals surface area contributed by atoms with Crippen molar-refractivity contribution in [3.63, 3.8) is 0 Å². The van der Waals surface area contributed by atoms with Crippen molar-refractivity contribution < 1.29 is 19.1 Å². The van der Waals surface area contributed by atoms with Crippen molar-refractivity contribution in [1.29, 1.82) is 0 Å². The molecule has 6 heteroatoms. The number of carbonyl (C=O) groups excluding carboxylic acids is 2. The molecule has 1 aliphatic rings. The first-order valence-electron chi connectivity index (χ1n) is 10.4. The van der Waals surface area contributed by atoms with Crippen LogP contribution in [0.1, 0.15) is 41.8 Å². The molecule has 1 N–H and O–H groups in total. The van der Waals surface area contributed by atoms with Crippen molar-refractivity contribution in [2.24, 2.45) is 0 Å². The number of morpholine rings is 1. The van der Waals surface area contributed by atoms with Gasteiger partial charge >= 0.3 is 0 Å². The van der Waals surface area contributed by atoms with Gasteiger partial charge in [-0.25, -0.2) is 0 Å². The number of ether oxygens (including phenoxy) is 2. The highest BCUT2D eigenvalue weighted by molar-refractivity contribution is 6.44. The zero-order valence-electron chi connectivity index (χ0n) is 17.1. The highest BCUT2D eigenvalue weighted by atomic mass is 16.5. The van der Waals surface area contributed by atoms with Gasteiger partial charge in [-0.1, -0.05) is 43.7 Å². The molecule has 1 atom stereocenters. The molecular weight excluding hydrogens is 380 g/mol. The minimum absolute atomic E-state index is 0.0346. The number of aromatic amines is 1. The number of H-pyrrole nitrogens is 1. The molecule has 3 aromatic rings. The summed E-state index contributed by atoms with van der Waals surface area (Å²) in [6.07, 6.45) is 3.49. The van der Waals surface area contributed by atoms with Gasteiger partial charge in [0, 0.05) is 36.3 Å². The molecule has 4 rings (SSSR count). The third-order valence-electron chi connectivity index (χ3n) is 5.39. The first kappa shape index (κ1) is 20.2. The molecule has 1 aliphatic heterocycles. The van der Waals surface area contributed by atoms with E-state index in [4.69, 9.17) is 9.47 Å². The number of aromatic nitrogens is 1. The first-order valence-corrected chi connectivity index (χ1v) is 10.4. The van der Waals surface area contributed by atoms with Crippen LogP contribution < -0.4 is 4.74 Å². The largest absolute Gasteiger partial charge is 0.486 e. The number of hydrogen-bond donors (Lipinski definition) is 1. The number of fused-ring (bicyclic) bond motifs is 1. The van der Waals surface area contributed by atoms with Gasteiger partial charge in [0.2, 0.25) is 0 Å². The lowest BCUT2D eigenvalue weighted by atomic mass is 10.0. The summed E-state index contributed by atoms with van der Waals surface area (Å²) in [4.78, 5) is 30.0. The first-order chi connectivity index (χ1) is 14.7. The molecule has 0 bridgehead atoms. The number of rotatable bonds is 7. The van der Waals surface area contributed by atoms with Crippen molar-refractivity contribution in [2.45, 2.75) is 25.9 Å². The van der Waals surface area contributed by atoms with Crippen molar-refractivity contribution in [1.82, 2.24) is 9.88 Å². The van der Waals surface area contributed by atoms with Gasteiger partial charge in [0.25, 0.3) is 11.7 Å². The Morgan fingerprint density at radius 1 is 1.13 bits per heavy atom. The third kappa shape index (κ3) is 4.24. The Balaban J connectivity index is 1.54. The van der Waals surface area contributed by atoms with E-state index in [-0.39, 0.29) is 6.10 Å². The molecule has 1 amide bonds. The maximum absolute atomic E-state index is 12.8. The fraction of sp³-hybridized carbons (Fsp3) is 0.333. The van der Waals surface area contributed by atoms with Crippen molar-refractivity contribution in [3.8, 4) is 5.75 Å². The monoisotopic (exact) mass is 406 g/mol. The normalized spacial score (nSPS) is 15.2. The number of Topliss-reactive ketones (excluding diaryl/α,β-unsaturated/α-hetero) is 1. The van der Waals surface area contributed by atoms with Crippen molar-refractivity contribution in [2.75, 3.05) is 26.3 Å². The van der Waals surface area contributed by atoms with Crippen LogP contribution in [0.15, 0.2) is 54.7 Å². The van der Waals surface area contributed by atoms with Crippen LogP contribution in [0, 0.1) is 0 Å². The SMILES string of the molecule is CCCC(Oc1ccc2c(C(=O)C(=O)N3CCOCC3)c[nH]c2c1)c1ccccc1. The fourth-order valence-electron chi connectivity index (χ4n) is 3.78. The van der Waals surface area contributed by atoms with E-state index in [2.05, 4.69) is 24.0 Å². The predicted molar refractivity (Wildman–Crippen MR) is 115 cm³/mol. The van der Waals surface area contributed by atoms with Crippen LogP contribution in [-0.4, -0.2) is 47.9 Å². The zero-order valence-corrected chi connectivity index (χ0v) is 17.1. The Morgan fingerprint density at radius 3 is 2.63 bits per heavy atom. The molecule has 0 saturated carbocycles. The smallest absolute Gasteiger partial charge is 0.295 e. The van der Waals surface area contributed by atoms with E-state index < -0.39 is 11.7 Å². The van der Waals surface area contributed by atoms with Gasteiger partial charge in [0.1, 0.15) is 11.9 Å². The van der Waals surface area contributed by atoms with E-state index in [9.17, 15) is 9.59 Å². The predicted octanol–water partition coefficient (Wildman–Crippen LogP) is 4.13. The van der Waals surface area contributed by atoms with E-state index >= 15 is 0 Å². The van der Waals surface area contributed by atoms with Gasteiger partial charge in [-0.3, -0.25) is 9.59 Å². The van der Waals surface area contributed by atoms with Crippen LogP contribution in [0.2, 0.25) is 0 Å². The second kappa shape index (κ2) is 9.13. The van der Waals surface area contributed by atoms with Gasteiger partial charge in [-0.15, -0.1) is 0 Å². The number of amides is 1. The number of benzene rings is 2. The Labute approximate surface area is 175 Å². The van der Waals surface area contributed by atoms with Gasteiger partial charge in [-0.2, -0.15) is 0 Å². The highest BCUT2D eigenvalue weighted by Gasteiger charge is 2.26. The minimum Gasteiger partial charge on any atom is -0.486 e. The maximum atomic E-state index is 12.8. The summed E-state index contributed by atoms with van der Waals surface area (Å²) in [5.41, 5.74) is 2.30. The molecule has 0 radical (unpaired) electrons. The summed E-state index contributed by atoms with van der Waals surface area (Å²) in [5.74, 6) is -0.248. The second-order valence-corrected chi connectivity index (χ2v) is 7.45. The molecule has 1 saturated heterocycles. The van der Waals surface area contributed by atoms with Crippen molar-refractivity contribution >= 4 is 22.6 Å². The lowest BCUT2D eigenvalue weighted by Gasteiger charge is -2.25. The zero-order chi connectivity index (χ0) is 20.9. The van der Waals surface area contributed by atoms with Gasteiger partial charge in [-0.05, 0) is 24.1 Å². The molecule has 30 heavy (non-hydrogen) atoms. The summed E-state index contributed by atoms with van der Waals surface area (Å²) >= 11 is 0. The van der Waals surface area contributed by atoms with Gasteiger partial charge in [0.15, 0.2) is 0 Å². The van der Waals surface area contributed by atoms with Crippen LogP contribution >= 0.6 is 0 Å². The van der Waals surface area contributed by atoms with Crippen molar-refractivity contribution in [3.05, 3.63) is 65.9 Å². The Hall–Kier alpha value is -3.12. The van der Waals surface area contributed by atoms with E-state index in [0.29, 0.717) is 31.9 Å². The molecule has 0 aliphatic carbocycles. The number of carbonyl (C=O) groups is 2. The van der Waals surface area contributed by atoms with Gasteiger partial charge < -0.3 is 19.4 Å². The van der Waals surface area contributed by atoms with E-state index in [1.807, 2.05) is 36.4 Å². The minimum atomic E-state index is -0.495. The molecular formula is C24H26N2O4. The molecule has 2 aromatic carbocycles. The summed E-state index contributed by atoms with van der Waals surface area (Å²) in [5, 5.41) is 0.723. The van der Waals surface area contributed by atoms with Crippen LogP contribution in [-0.2, 0) is 9.53 Å². The Morgan fingerprint density at radius 2 is 1.90 bits per heavy atom. The quantitative estimate of drug-likeness (QED) is 0.473. The molecule has 6 nitrogen and oxygen atoms in total. The fourth-order valence-corrected chi connectivity index (χ4v) is 3.78. The topological polar surface area (TPSA) is 71.6 Å². The Kier molecular flexibility index (Phi) is 6.14. The lowest BCUT2D eigenvalue weighted by molar-refractivity contribution is -0.130.